The molecule has 0 bridgehead atoms. The predicted molar refractivity (Wildman–Crippen MR) is 114 cm³/mol. The number of nitrogens with zero attached hydrogens (tertiary/aromatic N) is 2. The maximum atomic E-state index is 12.7. The van der Waals surface area contributed by atoms with Crippen molar-refractivity contribution < 1.29 is 13.3 Å². The first-order chi connectivity index (χ1) is 13.9. The van der Waals surface area contributed by atoms with Crippen molar-refractivity contribution in [2.75, 3.05) is 13.1 Å². The van der Waals surface area contributed by atoms with Crippen molar-refractivity contribution in [1.82, 2.24) is 14.8 Å². The fraction of sp³-hybridized carbons (Fsp3) is 0.381. The Morgan fingerprint density at radius 2 is 2.07 bits per heavy atom. The van der Waals surface area contributed by atoms with Crippen molar-refractivity contribution in [2.24, 2.45) is 0 Å². The summed E-state index contributed by atoms with van der Waals surface area (Å²) >= 11 is 1.75. The molecule has 1 aliphatic heterocycles. The van der Waals surface area contributed by atoms with Crippen molar-refractivity contribution in [3.63, 3.8) is 0 Å². The van der Waals surface area contributed by atoms with Gasteiger partial charge in [0.25, 0.3) is 0 Å². The Balaban J connectivity index is 1.34. The van der Waals surface area contributed by atoms with Crippen LogP contribution in [-0.4, -0.2) is 33.7 Å². The molecule has 8 heteroatoms. The number of rotatable bonds is 6. The van der Waals surface area contributed by atoms with E-state index in [9.17, 15) is 8.76 Å². The zero-order chi connectivity index (χ0) is 20.4. The van der Waals surface area contributed by atoms with Crippen LogP contribution in [0.3, 0.4) is 0 Å². The van der Waals surface area contributed by atoms with Crippen LogP contribution >= 0.6 is 11.3 Å². The molecule has 0 amide bonds. The Morgan fingerprint density at radius 3 is 2.72 bits per heavy atom. The fourth-order valence-corrected chi connectivity index (χ4v) is 6.23. The van der Waals surface area contributed by atoms with E-state index in [1.54, 1.807) is 25.2 Å². The smallest absolute Gasteiger partial charge is 0.240 e. The van der Waals surface area contributed by atoms with Gasteiger partial charge < -0.3 is 9.08 Å². The third-order valence-corrected chi connectivity index (χ3v) is 7.97. The Labute approximate surface area is 176 Å². The van der Waals surface area contributed by atoms with E-state index in [4.69, 9.17) is 4.52 Å². The summed E-state index contributed by atoms with van der Waals surface area (Å²) in [6.45, 7) is 5.87. The molecule has 4 rings (SSSR count). The third kappa shape index (κ3) is 4.67. The van der Waals surface area contributed by atoms with Crippen LogP contribution in [0.25, 0.3) is 10.4 Å². The molecule has 29 heavy (non-hydrogen) atoms. The number of hydrogen-bond acceptors (Lipinski definition) is 6. The number of likely N-dealkylation sites (tertiary alicyclic amines) is 1. The highest BCUT2D eigenvalue weighted by Gasteiger charge is 2.33. The topological polar surface area (TPSA) is 81.4 Å². The molecular weight excluding hydrogens is 406 g/mol. The summed E-state index contributed by atoms with van der Waals surface area (Å²) in [5, 5.41) is 5.85. The van der Waals surface area contributed by atoms with Crippen LogP contribution in [0, 0.1) is 13.8 Å². The fourth-order valence-electron chi connectivity index (χ4n) is 3.87. The van der Waals surface area contributed by atoms with E-state index in [2.05, 4.69) is 56.6 Å². The van der Waals surface area contributed by atoms with E-state index in [0.717, 1.165) is 32.5 Å². The van der Waals surface area contributed by atoms with Crippen LogP contribution in [0.1, 0.15) is 29.9 Å². The van der Waals surface area contributed by atoms with E-state index in [-0.39, 0.29) is 10.9 Å². The highest BCUT2D eigenvalue weighted by Crippen LogP contribution is 2.27. The number of benzene rings is 1. The van der Waals surface area contributed by atoms with Gasteiger partial charge in [0, 0.05) is 31.4 Å². The van der Waals surface area contributed by atoms with Crippen molar-refractivity contribution in [3.05, 3.63) is 58.8 Å². The van der Waals surface area contributed by atoms with Gasteiger partial charge in [0.15, 0.2) is 16.2 Å². The molecule has 1 unspecified atom stereocenters. The van der Waals surface area contributed by atoms with Crippen LogP contribution in [0.15, 0.2) is 51.2 Å². The number of aryl methyl sites for hydroxylation is 2. The molecule has 1 atom stereocenters. The average molecular weight is 432 g/mol. The summed E-state index contributed by atoms with van der Waals surface area (Å²) in [5.74, 6) is 0.332. The molecule has 1 saturated heterocycles. The number of piperidine rings is 1. The summed E-state index contributed by atoms with van der Waals surface area (Å²) in [5.41, 5.74) is 2.93. The van der Waals surface area contributed by atoms with E-state index < -0.39 is 10.4 Å². The summed E-state index contributed by atoms with van der Waals surface area (Å²) in [6.07, 6.45) is 1.57. The van der Waals surface area contributed by atoms with Crippen LogP contribution in [0.2, 0.25) is 0 Å². The van der Waals surface area contributed by atoms with Crippen molar-refractivity contribution >= 4 is 21.7 Å². The molecule has 1 fully saturated rings. The number of sulfonamides is 1. The van der Waals surface area contributed by atoms with Gasteiger partial charge in [-0.2, -0.15) is 0 Å². The molecule has 0 aliphatic carbocycles. The van der Waals surface area contributed by atoms with Gasteiger partial charge in [-0.05, 0) is 48.4 Å². The molecule has 1 aliphatic rings. The lowest BCUT2D eigenvalue weighted by Gasteiger charge is -2.32. The maximum Gasteiger partial charge on any atom is 0.240 e. The van der Waals surface area contributed by atoms with Crippen molar-refractivity contribution in [1.29, 1.82) is 0 Å². The molecule has 0 saturated carbocycles. The maximum absolute atomic E-state index is 12.7. The SMILES string of the molecule is Cc1noc(C)c1[S+](=O)([O-])NC1CCN(Cc2cccc(-c3cccs3)c2)CC1. The average Bonchev–Trinajstić information content (AvgIpc) is 3.34. The number of nitrogens with one attached hydrogen (secondary N) is 1. The highest BCUT2D eigenvalue weighted by molar-refractivity contribution is 7.95. The van der Waals surface area contributed by atoms with Crippen LogP contribution < -0.4 is 4.72 Å². The first kappa shape index (κ1) is 20.4. The van der Waals surface area contributed by atoms with Gasteiger partial charge in [0.1, 0.15) is 5.69 Å². The Morgan fingerprint density at radius 1 is 1.28 bits per heavy atom. The summed E-state index contributed by atoms with van der Waals surface area (Å²) in [7, 11) is -3.61. The molecule has 3 heterocycles. The van der Waals surface area contributed by atoms with Gasteiger partial charge >= 0.3 is 0 Å². The minimum absolute atomic E-state index is 0.0672. The highest BCUT2D eigenvalue weighted by atomic mass is 32.3. The molecule has 0 spiro atoms. The largest absolute Gasteiger partial charge is 0.593 e. The molecule has 2 aromatic heterocycles. The van der Waals surface area contributed by atoms with E-state index >= 15 is 0 Å². The predicted octanol–water partition coefficient (Wildman–Crippen LogP) is 4.18. The standard InChI is InChI=1S/C21H25N3O3S2/c1-15-21(16(2)27-22-15)29(25,26)23-19-8-10-24(11-9-19)14-17-5-3-6-18(13-17)20-7-4-12-28-20/h3-7,12-13,19H,8-11,14H2,1-2H3,(H-,23,25,26). The molecule has 1 aromatic carbocycles. The Bertz CT molecular complexity index is 989. The minimum Gasteiger partial charge on any atom is -0.593 e. The monoisotopic (exact) mass is 431 g/mol. The number of thiophene rings is 1. The first-order valence-corrected chi connectivity index (χ1v) is 12.1. The third-order valence-electron chi connectivity index (χ3n) is 5.28. The zero-order valence-corrected chi connectivity index (χ0v) is 18.2. The van der Waals surface area contributed by atoms with E-state index in [1.165, 1.54) is 16.0 Å². The lowest BCUT2D eigenvalue weighted by Crippen LogP contribution is -2.46. The van der Waals surface area contributed by atoms with Gasteiger partial charge in [0.2, 0.25) is 4.90 Å². The molecule has 6 nitrogen and oxygen atoms in total. The first-order valence-electron chi connectivity index (χ1n) is 9.73. The minimum atomic E-state index is -3.61. The Kier molecular flexibility index (Phi) is 5.98. The zero-order valence-electron chi connectivity index (χ0n) is 16.6. The molecule has 0 radical (unpaired) electrons. The van der Waals surface area contributed by atoms with Crippen LogP contribution in [-0.2, 0) is 21.2 Å². The molecular formula is C21H25N3O3S2. The van der Waals surface area contributed by atoms with Gasteiger partial charge in [-0.25, -0.2) is 0 Å². The molecule has 154 valence electrons. The Hall–Kier alpha value is -1.84. The second kappa shape index (κ2) is 8.49. The summed E-state index contributed by atoms with van der Waals surface area (Å²) in [6, 6.07) is 12.8. The van der Waals surface area contributed by atoms with Gasteiger partial charge in [-0.3, -0.25) is 4.90 Å². The second-order valence-corrected chi connectivity index (χ2v) is 10.1. The lowest BCUT2D eigenvalue weighted by molar-refractivity contribution is 0.198. The summed E-state index contributed by atoms with van der Waals surface area (Å²) in [4.78, 5) is 3.83. The van der Waals surface area contributed by atoms with Crippen LogP contribution in [0.5, 0.6) is 0 Å². The normalized spacial score (nSPS) is 18.0. The lowest BCUT2D eigenvalue weighted by atomic mass is 10.0. The van der Waals surface area contributed by atoms with Gasteiger partial charge in [-0.1, -0.05) is 33.6 Å². The summed E-state index contributed by atoms with van der Waals surface area (Å²) < 4.78 is 33.3. The molecule has 1 N–H and O–H groups in total. The van der Waals surface area contributed by atoms with Gasteiger partial charge in [-0.15, -0.1) is 16.1 Å². The number of aromatic nitrogens is 1. The van der Waals surface area contributed by atoms with Crippen LogP contribution in [0.4, 0.5) is 0 Å². The van der Waals surface area contributed by atoms with Gasteiger partial charge in [0.05, 0.1) is 6.04 Å². The number of hydrogen-bond donors (Lipinski definition) is 1. The van der Waals surface area contributed by atoms with Crippen molar-refractivity contribution in [2.45, 2.75) is 44.2 Å². The molecule has 3 aromatic rings. The van der Waals surface area contributed by atoms with E-state index in [1.807, 2.05) is 0 Å². The quantitative estimate of drug-likeness (QED) is 0.592. The van der Waals surface area contributed by atoms with Crippen molar-refractivity contribution in [3.8, 4) is 10.4 Å². The second-order valence-electron chi connectivity index (χ2n) is 7.50. The van der Waals surface area contributed by atoms with E-state index in [0.29, 0.717) is 11.5 Å².